The third-order valence-electron chi connectivity index (χ3n) is 4.49. The third-order valence-corrected chi connectivity index (χ3v) is 4.70. The Bertz CT molecular complexity index is 955. The lowest BCUT2D eigenvalue weighted by Crippen LogP contribution is -2.41. The molecule has 0 spiro atoms. The summed E-state index contributed by atoms with van der Waals surface area (Å²) in [4.78, 5) is 26.8. The second-order valence-electron chi connectivity index (χ2n) is 6.47. The fourth-order valence-electron chi connectivity index (χ4n) is 2.99. The van der Waals surface area contributed by atoms with E-state index in [-0.39, 0.29) is 11.0 Å². The summed E-state index contributed by atoms with van der Waals surface area (Å²) >= 11 is 5.25. The van der Waals surface area contributed by atoms with E-state index in [9.17, 15) is 9.59 Å². The fraction of sp³-hybridized carbons (Fsp3) is 0.227. The minimum Gasteiger partial charge on any atom is -0.496 e. The first-order chi connectivity index (χ1) is 14.6. The minimum atomic E-state index is -0.393. The number of carbonyl (C=O) groups excluding carboxylic acids is 2. The van der Waals surface area contributed by atoms with E-state index in [1.807, 2.05) is 24.3 Å². The summed E-state index contributed by atoms with van der Waals surface area (Å²) in [6, 6.07) is 14.4. The smallest absolute Gasteiger partial charge is 0.256 e. The number of thiocarbonyl (C=S) groups is 1. The highest BCUT2D eigenvalue weighted by atomic mass is 32.1. The van der Waals surface area contributed by atoms with Gasteiger partial charge in [-0.3, -0.25) is 14.9 Å². The van der Waals surface area contributed by atoms with Gasteiger partial charge >= 0.3 is 0 Å². The molecule has 3 rings (SSSR count). The molecule has 1 fully saturated rings. The predicted molar refractivity (Wildman–Crippen MR) is 120 cm³/mol. The van der Waals surface area contributed by atoms with Crippen LogP contribution in [0.25, 0.3) is 6.08 Å². The molecule has 0 unspecified atom stereocenters. The van der Waals surface area contributed by atoms with Crippen LogP contribution >= 0.6 is 12.2 Å². The number of hydrogen-bond acceptors (Lipinski definition) is 5. The number of para-hydroxylation sites is 2. The van der Waals surface area contributed by atoms with E-state index < -0.39 is 5.91 Å². The zero-order valence-corrected chi connectivity index (χ0v) is 17.4. The fourth-order valence-corrected chi connectivity index (χ4v) is 3.20. The van der Waals surface area contributed by atoms with Gasteiger partial charge in [0.1, 0.15) is 5.75 Å². The quantitative estimate of drug-likeness (QED) is 0.566. The summed E-state index contributed by atoms with van der Waals surface area (Å²) in [5.74, 6) is 0.166. The maximum absolute atomic E-state index is 12.8. The van der Waals surface area contributed by atoms with Crippen LogP contribution in [0, 0.1) is 0 Å². The molecule has 0 aliphatic carbocycles. The maximum atomic E-state index is 12.8. The van der Waals surface area contributed by atoms with Crippen molar-refractivity contribution in [2.75, 3.05) is 38.7 Å². The standard InChI is InChI=1S/C22H23N3O4S/c1-28-19-9-5-2-6-16(19)10-11-20(26)24-22(30)23-18-8-4-3-7-17(18)21(27)25-12-14-29-15-13-25/h2-11H,12-15H2,1H3,(H2,23,24,26,30). The lowest BCUT2D eigenvalue weighted by Gasteiger charge is -2.27. The van der Waals surface area contributed by atoms with E-state index in [0.29, 0.717) is 43.3 Å². The van der Waals surface area contributed by atoms with E-state index in [1.165, 1.54) is 6.08 Å². The topological polar surface area (TPSA) is 79.9 Å². The Morgan fingerprint density at radius 2 is 1.80 bits per heavy atom. The van der Waals surface area contributed by atoms with Crippen LogP contribution in [0.15, 0.2) is 54.6 Å². The Kier molecular flexibility index (Phi) is 7.53. The lowest BCUT2D eigenvalue weighted by molar-refractivity contribution is -0.115. The molecular formula is C22H23N3O4S. The van der Waals surface area contributed by atoms with Gasteiger partial charge in [-0.1, -0.05) is 30.3 Å². The van der Waals surface area contributed by atoms with Gasteiger partial charge in [-0.2, -0.15) is 0 Å². The average Bonchev–Trinajstić information content (AvgIpc) is 2.78. The number of nitrogens with one attached hydrogen (secondary N) is 2. The molecule has 2 amide bonds. The molecule has 1 aliphatic heterocycles. The number of morpholine rings is 1. The van der Waals surface area contributed by atoms with Gasteiger partial charge in [0.15, 0.2) is 5.11 Å². The van der Waals surface area contributed by atoms with Gasteiger partial charge < -0.3 is 19.7 Å². The van der Waals surface area contributed by atoms with Crippen molar-refractivity contribution in [3.8, 4) is 5.75 Å². The summed E-state index contributed by atoms with van der Waals surface area (Å²) < 4.78 is 10.6. The highest BCUT2D eigenvalue weighted by Gasteiger charge is 2.21. The van der Waals surface area contributed by atoms with Crippen molar-refractivity contribution in [3.05, 3.63) is 65.7 Å². The largest absolute Gasteiger partial charge is 0.496 e. The number of nitrogens with zero attached hydrogens (tertiary/aromatic N) is 1. The number of carbonyl (C=O) groups is 2. The number of benzene rings is 2. The van der Waals surface area contributed by atoms with E-state index in [4.69, 9.17) is 21.7 Å². The third kappa shape index (κ3) is 5.65. The monoisotopic (exact) mass is 425 g/mol. The van der Waals surface area contributed by atoms with Gasteiger partial charge in [-0.25, -0.2) is 0 Å². The highest BCUT2D eigenvalue weighted by molar-refractivity contribution is 7.80. The molecule has 8 heteroatoms. The van der Waals surface area contributed by atoms with Gasteiger partial charge in [0.05, 0.1) is 31.6 Å². The Morgan fingerprint density at radius 3 is 2.57 bits per heavy atom. The molecule has 2 aromatic carbocycles. The van der Waals surface area contributed by atoms with Crippen molar-refractivity contribution < 1.29 is 19.1 Å². The number of hydrogen-bond donors (Lipinski definition) is 2. The molecular weight excluding hydrogens is 402 g/mol. The molecule has 0 bridgehead atoms. The molecule has 0 aromatic heterocycles. The summed E-state index contributed by atoms with van der Waals surface area (Å²) in [5.41, 5.74) is 1.80. The van der Waals surface area contributed by atoms with Crippen LogP contribution in [0.4, 0.5) is 5.69 Å². The summed E-state index contributed by atoms with van der Waals surface area (Å²) in [7, 11) is 1.57. The van der Waals surface area contributed by atoms with Crippen molar-refractivity contribution in [2.24, 2.45) is 0 Å². The molecule has 0 atom stereocenters. The second-order valence-corrected chi connectivity index (χ2v) is 6.88. The lowest BCUT2D eigenvalue weighted by atomic mass is 10.1. The van der Waals surface area contributed by atoms with Crippen molar-refractivity contribution in [1.82, 2.24) is 10.2 Å². The number of rotatable bonds is 5. The van der Waals surface area contributed by atoms with Gasteiger partial charge in [0.25, 0.3) is 5.91 Å². The molecule has 7 nitrogen and oxygen atoms in total. The molecule has 1 heterocycles. The Labute approximate surface area is 180 Å². The van der Waals surface area contributed by atoms with E-state index >= 15 is 0 Å². The predicted octanol–water partition coefficient (Wildman–Crippen LogP) is 2.69. The first-order valence-corrected chi connectivity index (χ1v) is 9.88. The van der Waals surface area contributed by atoms with E-state index in [0.717, 1.165) is 5.56 Å². The van der Waals surface area contributed by atoms with Gasteiger partial charge in [-0.05, 0) is 36.5 Å². The van der Waals surface area contributed by atoms with Gasteiger partial charge in [0, 0.05) is 24.7 Å². The molecule has 0 radical (unpaired) electrons. The highest BCUT2D eigenvalue weighted by Crippen LogP contribution is 2.19. The van der Waals surface area contributed by atoms with Crippen molar-refractivity contribution in [3.63, 3.8) is 0 Å². The Morgan fingerprint density at radius 1 is 1.10 bits per heavy atom. The molecule has 2 aromatic rings. The van der Waals surface area contributed by atoms with Crippen molar-refractivity contribution in [1.29, 1.82) is 0 Å². The number of ether oxygens (including phenoxy) is 2. The van der Waals surface area contributed by atoms with Gasteiger partial charge in [-0.15, -0.1) is 0 Å². The van der Waals surface area contributed by atoms with Crippen molar-refractivity contribution in [2.45, 2.75) is 0 Å². The molecule has 156 valence electrons. The zero-order valence-electron chi connectivity index (χ0n) is 16.6. The number of anilines is 1. The minimum absolute atomic E-state index is 0.104. The average molecular weight is 426 g/mol. The summed E-state index contributed by atoms with van der Waals surface area (Å²) in [5, 5.41) is 5.64. The summed E-state index contributed by atoms with van der Waals surface area (Å²) in [6.45, 7) is 2.13. The Hall–Kier alpha value is -3.23. The van der Waals surface area contributed by atoms with Crippen LogP contribution in [0.3, 0.4) is 0 Å². The van der Waals surface area contributed by atoms with Crippen LogP contribution in [0.5, 0.6) is 5.75 Å². The van der Waals surface area contributed by atoms with Crippen molar-refractivity contribution >= 4 is 40.9 Å². The number of methoxy groups -OCH3 is 1. The normalized spacial score (nSPS) is 13.7. The first kappa shape index (κ1) is 21.5. The molecule has 1 saturated heterocycles. The van der Waals surface area contributed by atoms with E-state index in [1.54, 1.807) is 42.4 Å². The SMILES string of the molecule is COc1ccccc1C=CC(=O)NC(=S)Nc1ccccc1C(=O)N1CCOCC1. The van der Waals surface area contributed by atoms with Crippen LogP contribution in [-0.4, -0.2) is 55.2 Å². The Balaban J connectivity index is 1.63. The molecule has 1 aliphatic rings. The molecule has 0 saturated carbocycles. The first-order valence-electron chi connectivity index (χ1n) is 9.47. The maximum Gasteiger partial charge on any atom is 0.256 e. The van der Waals surface area contributed by atoms with Crippen LogP contribution in [0.1, 0.15) is 15.9 Å². The number of amides is 2. The molecule has 30 heavy (non-hydrogen) atoms. The summed E-state index contributed by atoms with van der Waals surface area (Å²) in [6.07, 6.45) is 3.02. The van der Waals surface area contributed by atoms with E-state index in [2.05, 4.69) is 10.6 Å². The van der Waals surface area contributed by atoms with Crippen LogP contribution in [-0.2, 0) is 9.53 Å². The van der Waals surface area contributed by atoms with Crippen LogP contribution < -0.4 is 15.4 Å². The molecule has 2 N–H and O–H groups in total. The van der Waals surface area contributed by atoms with Crippen LogP contribution in [0.2, 0.25) is 0 Å². The zero-order chi connectivity index (χ0) is 21.3. The van der Waals surface area contributed by atoms with Gasteiger partial charge in [0.2, 0.25) is 5.91 Å². The second kappa shape index (κ2) is 10.5.